The first-order chi connectivity index (χ1) is 11.9. The molecule has 0 spiro atoms. The molecule has 1 heterocycles. The molecule has 1 unspecified atom stereocenters. The number of halogens is 1. The van der Waals surface area contributed by atoms with E-state index in [2.05, 4.69) is 9.84 Å². The van der Waals surface area contributed by atoms with E-state index in [1.54, 1.807) is 11.6 Å². The Morgan fingerprint density at radius 1 is 1.32 bits per heavy atom. The summed E-state index contributed by atoms with van der Waals surface area (Å²) < 4.78 is 11.1. The summed E-state index contributed by atoms with van der Waals surface area (Å²) in [5, 5.41) is 4.82. The number of esters is 2. The summed E-state index contributed by atoms with van der Waals surface area (Å²) in [6.07, 6.45) is 1.76. The second kappa shape index (κ2) is 8.48. The maximum absolute atomic E-state index is 11.8. The summed E-state index contributed by atoms with van der Waals surface area (Å²) in [6, 6.07) is 9.79. The molecule has 2 aromatic rings. The van der Waals surface area contributed by atoms with E-state index >= 15 is 0 Å². The van der Waals surface area contributed by atoms with Crippen LogP contribution in [-0.2, 0) is 25.6 Å². The summed E-state index contributed by atoms with van der Waals surface area (Å²) in [7, 11) is 1.23. The third kappa shape index (κ3) is 4.93. The average Bonchev–Trinajstić information content (AvgIpc) is 2.86. The van der Waals surface area contributed by atoms with Crippen molar-refractivity contribution in [3.8, 4) is 0 Å². The van der Waals surface area contributed by atoms with Gasteiger partial charge in [-0.25, -0.2) is 14.3 Å². The number of carbonyl (C=O) groups is 2. The van der Waals surface area contributed by atoms with Crippen LogP contribution in [0.5, 0.6) is 0 Å². The van der Waals surface area contributed by atoms with Crippen molar-refractivity contribution in [2.45, 2.75) is 26.5 Å². The number of benzene rings is 1. The van der Waals surface area contributed by atoms with Crippen molar-refractivity contribution in [1.29, 1.82) is 0 Å². The number of aromatic nitrogens is 2. The first kappa shape index (κ1) is 18.7. The molecule has 0 saturated carbocycles. The number of nitrogens with zero attached hydrogens (tertiary/aromatic N) is 2. The Hall–Kier alpha value is -2.60. The van der Waals surface area contributed by atoms with Crippen LogP contribution in [-0.4, -0.2) is 34.9 Å². The smallest absolute Gasteiger partial charge is 0.346 e. The Bertz CT molecular complexity index is 784. The molecule has 6 nitrogen and oxygen atoms in total. The van der Waals surface area contributed by atoms with Gasteiger partial charge in [0.15, 0.2) is 6.10 Å². The van der Waals surface area contributed by atoms with E-state index in [0.29, 0.717) is 23.0 Å². The molecule has 0 aliphatic carbocycles. The SMILES string of the molecule is COC(=O)C(C)OC(=O)/C=C/c1c(C)nn(Cc2ccccc2)c1Cl. The standard InChI is InChI=1S/C18H19ClN2O4/c1-12-15(9-10-16(22)25-13(2)18(23)24-3)17(19)21(20-12)11-14-7-5-4-6-8-14/h4-10,13H,11H2,1-3H3/b10-9+. The van der Waals surface area contributed by atoms with Gasteiger partial charge in [-0.15, -0.1) is 0 Å². The highest BCUT2D eigenvalue weighted by atomic mass is 35.5. The van der Waals surface area contributed by atoms with E-state index in [1.807, 2.05) is 30.3 Å². The van der Waals surface area contributed by atoms with Crippen LogP contribution >= 0.6 is 11.6 Å². The topological polar surface area (TPSA) is 70.4 Å². The zero-order valence-electron chi connectivity index (χ0n) is 14.2. The number of hydrogen-bond acceptors (Lipinski definition) is 5. The minimum absolute atomic E-state index is 0.423. The second-order valence-corrected chi connectivity index (χ2v) is 5.73. The van der Waals surface area contributed by atoms with E-state index < -0.39 is 18.0 Å². The quantitative estimate of drug-likeness (QED) is 0.583. The normalized spacial score (nSPS) is 12.2. The lowest BCUT2D eigenvalue weighted by Crippen LogP contribution is -2.24. The van der Waals surface area contributed by atoms with Crippen molar-refractivity contribution in [3.63, 3.8) is 0 Å². The zero-order chi connectivity index (χ0) is 18.4. The fraction of sp³-hybridized carbons (Fsp3) is 0.278. The molecule has 0 amide bonds. The van der Waals surface area contributed by atoms with Crippen molar-refractivity contribution in [1.82, 2.24) is 9.78 Å². The van der Waals surface area contributed by atoms with Crippen LogP contribution < -0.4 is 0 Å². The van der Waals surface area contributed by atoms with Gasteiger partial charge in [-0.2, -0.15) is 5.10 Å². The molecule has 1 atom stereocenters. The van der Waals surface area contributed by atoms with E-state index in [1.165, 1.54) is 26.2 Å². The minimum Gasteiger partial charge on any atom is -0.466 e. The van der Waals surface area contributed by atoms with Gasteiger partial charge in [-0.1, -0.05) is 41.9 Å². The molecule has 1 aromatic carbocycles. The molecule has 7 heteroatoms. The molecular weight excluding hydrogens is 344 g/mol. The van der Waals surface area contributed by atoms with Crippen LogP contribution in [0.3, 0.4) is 0 Å². The van der Waals surface area contributed by atoms with Crippen molar-refractivity contribution in [3.05, 3.63) is 58.4 Å². The summed E-state index contributed by atoms with van der Waals surface area (Å²) >= 11 is 6.36. The Balaban J connectivity index is 2.09. The van der Waals surface area contributed by atoms with Gasteiger partial charge in [0.2, 0.25) is 0 Å². The number of ether oxygens (including phenoxy) is 2. The van der Waals surface area contributed by atoms with E-state index in [0.717, 1.165) is 5.56 Å². The fourth-order valence-corrected chi connectivity index (χ4v) is 2.49. The Morgan fingerprint density at radius 3 is 2.64 bits per heavy atom. The lowest BCUT2D eigenvalue weighted by Gasteiger charge is -2.08. The van der Waals surface area contributed by atoms with Crippen LogP contribution in [0.4, 0.5) is 0 Å². The summed E-state index contributed by atoms with van der Waals surface area (Å²) in [4.78, 5) is 23.0. The van der Waals surface area contributed by atoms with Crippen LogP contribution in [0.15, 0.2) is 36.4 Å². The van der Waals surface area contributed by atoms with Gasteiger partial charge in [0, 0.05) is 11.6 Å². The maximum Gasteiger partial charge on any atom is 0.346 e. The second-order valence-electron chi connectivity index (χ2n) is 5.37. The van der Waals surface area contributed by atoms with Crippen molar-refractivity contribution in [2.75, 3.05) is 7.11 Å². The van der Waals surface area contributed by atoms with Crippen LogP contribution in [0.2, 0.25) is 5.15 Å². The number of hydrogen-bond donors (Lipinski definition) is 0. The molecule has 0 N–H and O–H groups in total. The molecule has 0 aliphatic rings. The molecule has 25 heavy (non-hydrogen) atoms. The Kier molecular flexibility index (Phi) is 6.36. The summed E-state index contributed by atoms with van der Waals surface area (Å²) in [5.41, 5.74) is 2.38. The van der Waals surface area contributed by atoms with Gasteiger partial charge >= 0.3 is 11.9 Å². The zero-order valence-corrected chi connectivity index (χ0v) is 15.0. The van der Waals surface area contributed by atoms with Crippen LogP contribution in [0.25, 0.3) is 6.08 Å². The molecule has 2 rings (SSSR count). The summed E-state index contributed by atoms with van der Waals surface area (Å²) in [6.45, 7) is 3.77. The van der Waals surface area contributed by atoms with Crippen molar-refractivity contribution < 1.29 is 19.1 Å². The number of aryl methyl sites for hydroxylation is 1. The number of rotatable bonds is 6. The van der Waals surface area contributed by atoms with Gasteiger partial charge in [-0.3, -0.25) is 0 Å². The van der Waals surface area contributed by atoms with E-state index in [9.17, 15) is 9.59 Å². The van der Waals surface area contributed by atoms with Gasteiger partial charge in [0.25, 0.3) is 0 Å². The predicted molar refractivity (Wildman–Crippen MR) is 94.1 cm³/mol. The third-order valence-electron chi connectivity index (χ3n) is 3.50. The molecule has 132 valence electrons. The largest absolute Gasteiger partial charge is 0.466 e. The monoisotopic (exact) mass is 362 g/mol. The molecule has 0 fully saturated rings. The van der Waals surface area contributed by atoms with Gasteiger partial charge < -0.3 is 9.47 Å². The van der Waals surface area contributed by atoms with Crippen molar-refractivity contribution >= 4 is 29.6 Å². The molecule has 0 aliphatic heterocycles. The van der Waals surface area contributed by atoms with Crippen LogP contribution in [0.1, 0.15) is 23.7 Å². The van der Waals surface area contributed by atoms with Crippen molar-refractivity contribution in [2.24, 2.45) is 0 Å². The van der Waals surface area contributed by atoms with Gasteiger partial charge in [0.1, 0.15) is 5.15 Å². The van der Waals surface area contributed by atoms with E-state index in [4.69, 9.17) is 16.3 Å². The average molecular weight is 363 g/mol. The molecule has 1 aromatic heterocycles. The first-order valence-electron chi connectivity index (χ1n) is 7.65. The van der Waals surface area contributed by atoms with Gasteiger partial charge in [0.05, 0.1) is 19.3 Å². The van der Waals surface area contributed by atoms with Gasteiger partial charge in [-0.05, 0) is 25.5 Å². The molecule has 0 saturated heterocycles. The molecule has 0 bridgehead atoms. The maximum atomic E-state index is 11.8. The molecular formula is C18H19ClN2O4. The van der Waals surface area contributed by atoms with E-state index in [-0.39, 0.29) is 0 Å². The fourth-order valence-electron chi connectivity index (χ4n) is 2.20. The lowest BCUT2D eigenvalue weighted by atomic mass is 10.2. The lowest BCUT2D eigenvalue weighted by molar-refractivity contribution is -0.161. The third-order valence-corrected chi connectivity index (χ3v) is 3.90. The van der Waals surface area contributed by atoms with Crippen LogP contribution in [0, 0.1) is 6.92 Å². The predicted octanol–water partition coefficient (Wildman–Crippen LogP) is 3.01. The highest BCUT2D eigenvalue weighted by molar-refractivity contribution is 6.31. The first-order valence-corrected chi connectivity index (χ1v) is 8.03. The minimum atomic E-state index is -0.973. The summed E-state index contributed by atoms with van der Waals surface area (Å²) in [5.74, 6) is -1.28. The molecule has 0 radical (unpaired) electrons. The number of methoxy groups -OCH3 is 1. The Labute approximate surface area is 151 Å². The Morgan fingerprint density at radius 2 is 2.00 bits per heavy atom. The highest BCUT2D eigenvalue weighted by Crippen LogP contribution is 2.22. The number of carbonyl (C=O) groups excluding carboxylic acids is 2. The highest BCUT2D eigenvalue weighted by Gasteiger charge is 2.17.